The molecule has 0 radical (unpaired) electrons. The minimum atomic E-state index is -0.238. The van der Waals surface area contributed by atoms with Crippen LogP contribution in [0.1, 0.15) is 37.9 Å². The molecule has 0 saturated heterocycles. The first kappa shape index (κ1) is 21.0. The summed E-state index contributed by atoms with van der Waals surface area (Å²) in [5.74, 6) is 1.95. The number of nitrogens with zero attached hydrogens (tertiary/aromatic N) is 2. The van der Waals surface area contributed by atoms with Gasteiger partial charge in [-0.25, -0.2) is 4.98 Å². The van der Waals surface area contributed by atoms with Crippen LogP contribution in [0.5, 0.6) is 17.2 Å². The minimum absolute atomic E-state index is 0.116. The van der Waals surface area contributed by atoms with Crippen molar-refractivity contribution in [3.63, 3.8) is 0 Å². The first-order chi connectivity index (χ1) is 13.9. The van der Waals surface area contributed by atoms with Gasteiger partial charge in [0.2, 0.25) is 11.7 Å². The Balaban J connectivity index is 1.78. The number of carbonyl (C=O) groups excluding carboxylic acids is 1. The third kappa shape index (κ3) is 4.34. The van der Waals surface area contributed by atoms with Gasteiger partial charge in [-0.1, -0.05) is 25.6 Å². The number of benzene rings is 1. The molecule has 29 heavy (non-hydrogen) atoms. The lowest BCUT2D eigenvalue weighted by Gasteiger charge is -2.16. The maximum Gasteiger partial charge on any atom is 0.254 e. The van der Waals surface area contributed by atoms with Gasteiger partial charge in [-0.05, 0) is 5.92 Å². The summed E-state index contributed by atoms with van der Waals surface area (Å²) in [5.41, 5.74) is 1.18. The Kier molecular flexibility index (Phi) is 6.36. The maximum atomic E-state index is 12.6. The molecule has 1 aromatic heterocycles. The van der Waals surface area contributed by atoms with Crippen LogP contribution in [0.4, 0.5) is 5.69 Å². The largest absolute Gasteiger partial charge is 0.493 e. The SMILES string of the molecule is COc1cc(NC(=O)C[C@H]2CSc3nc(C(C)C)cc(=O)n32)cc(OC)c1OC. The van der Waals surface area contributed by atoms with Crippen LogP contribution < -0.4 is 25.1 Å². The number of thioether (sulfide) groups is 1. The van der Waals surface area contributed by atoms with Gasteiger partial charge in [0.1, 0.15) is 0 Å². The van der Waals surface area contributed by atoms with Crippen LogP contribution in [0.3, 0.4) is 0 Å². The van der Waals surface area contributed by atoms with Gasteiger partial charge in [-0.3, -0.25) is 14.2 Å². The molecule has 0 saturated carbocycles. The zero-order valence-electron chi connectivity index (χ0n) is 17.1. The van der Waals surface area contributed by atoms with E-state index in [-0.39, 0.29) is 29.8 Å². The van der Waals surface area contributed by atoms with Gasteiger partial charge in [0.15, 0.2) is 16.7 Å². The standard InChI is InChI=1S/C20H25N3O5S/c1-11(2)14-9-18(25)23-13(10-29-20(23)22-14)8-17(24)21-12-6-15(26-3)19(28-5)16(7-12)27-4/h6-7,9,11,13H,8,10H2,1-5H3,(H,21,24)/t13-/m0/s1. The molecule has 1 aliphatic rings. The van der Waals surface area contributed by atoms with Crippen molar-refractivity contribution in [3.05, 3.63) is 34.2 Å². The molecular weight excluding hydrogens is 394 g/mol. The van der Waals surface area contributed by atoms with Gasteiger partial charge in [0, 0.05) is 36.1 Å². The monoisotopic (exact) mass is 419 g/mol. The molecule has 0 spiro atoms. The van der Waals surface area contributed by atoms with Crippen molar-refractivity contribution in [3.8, 4) is 17.2 Å². The number of carbonyl (C=O) groups is 1. The van der Waals surface area contributed by atoms with Crippen molar-refractivity contribution >= 4 is 23.4 Å². The minimum Gasteiger partial charge on any atom is -0.493 e. The van der Waals surface area contributed by atoms with E-state index in [1.807, 2.05) is 13.8 Å². The smallest absolute Gasteiger partial charge is 0.254 e. The van der Waals surface area contributed by atoms with Crippen molar-refractivity contribution in [2.75, 3.05) is 32.4 Å². The molecule has 0 unspecified atom stereocenters. The highest BCUT2D eigenvalue weighted by Gasteiger charge is 2.28. The number of aromatic nitrogens is 2. The fourth-order valence-corrected chi connectivity index (χ4v) is 4.35. The van der Waals surface area contributed by atoms with Gasteiger partial charge in [0.05, 0.1) is 33.1 Å². The second kappa shape index (κ2) is 8.77. The molecule has 3 rings (SSSR count). The summed E-state index contributed by atoms with van der Waals surface area (Å²) >= 11 is 1.50. The Labute approximate surface area is 173 Å². The molecule has 2 heterocycles. The van der Waals surface area contributed by atoms with E-state index >= 15 is 0 Å². The molecule has 2 aromatic rings. The molecule has 9 heteroatoms. The van der Waals surface area contributed by atoms with Crippen LogP contribution in [0.2, 0.25) is 0 Å². The van der Waals surface area contributed by atoms with E-state index in [1.54, 1.807) is 22.8 Å². The highest BCUT2D eigenvalue weighted by Crippen LogP contribution is 2.40. The second-order valence-electron chi connectivity index (χ2n) is 6.96. The van der Waals surface area contributed by atoms with Crippen molar-refractivity contribution in [1.29, 1.82) is 0 Å². The van der Waals surface area contributed by atoms with Crippen molar-refractivity contribution in [1.82, 2.24) is 9.55 Å². The number of amides is 1. The summed E-state index contributed by atoms with van der Waals surface area (Å²) < 4.78 is 17.5. The Morgan fingerprint density at radius 1 is 1.21 bits per heavy atom. The van der Waals surface area contributed by atoms with Gasteiger partial charge in [0.25, 0.3) is 5.56 Å². The number of methoxy groups -OCH3 is 3. The van der Waals surface area contributed by atoms with E-state index in [0.717, 1.165) is 5.69 Å². The molecule has 1 amide bonds. The zero-order valence-corrected chi connectivity index (χ0v) is 18.0. The molecule has 1 atom stereocenters. The first-order valence-corrected chi connectivity index (χ1v) is 10.2. The molecule has 156 valence electrons. The van der Waals surface area contributed by atoms with E-state index in [2.05, 4.69) is 10.3 Å². The van der Waals surface area contributed by atoms with E-state index < -0.39 is 0 Å². The van der Waals surface area contributed by atoms with Gasteiger partial charge in [-0.15, -0.1) is 0 Å². The highest BCUT2D eigenvalue weighted by atomic mass is 32.2. The van der Waals surface area contributed by atoms with Crippen molar-refractivity contribution in [2.45, 2.75) is 37.4 Å². The zero-order chi connectivity index (χ0) is 21.1. The van der Waals surface area contributed by atoms with Crippen LogP contribution >= 0.6 is 11.8 Å². The highest BCUT2D eigenvalue weighted by molar-refractivity contribution is 7.99. The van der Waals surface area contributed by atoms with Crippen molar-refractivity contribution < 1.29 is 19.0 Å². The fourth-order valence-electron chi connectivity index (χ4n) is 3.20. The lowest BCUT2D eigenvalue weighted by atomic mass is 10.1. The number of nitrogens with one attached hydrogen (secondary N) is 1. The molecule has 0 fully saturated rings. The summed E-state index contributed by atoms with van der Waals surface area (Å²) in [6.07, 6.45) is 0.166. The Bertz CT molecular complexity index is 948. The Morgan fingerprint density at radius 2 is 1.86 bits per heavy atom. The van der Waals surface area contributed by atoms with E-state index in [1.165, 1.54) is 33.1 Å². The number of hydrogen-bond acceptors (Lipinski definition) is 7. The van der Waals surface area contributed by atoms with E-state index in [9.17, 15) is 9.59 Å². The number of hydrogen-bond donors (Lipinski definition) is 1. The summed E-state index contributed by atoms with van der Waals surface area (Å²) in [4.78, 5) is 29.8. The number of anilines is 1. The molecule has 1 aromatic carbocycles. The van der Waals surface area contributed by atoms with Gasteiger partial charge >= 0.3 is 0 Å². The van der Waals surface area contributed by atoms with Gasteiger partial charge in [-0.2, -0.15) is 0 Å². The fraction of sp³-hybridized carbons (Fsp3) is 0.450. The maximum absolute atomic E-state index is 12.6. The molecule has 1 N–H and O–H groups in total. The topological polar surface area (TPSA) is 91.7 Å². The van der Waals surface area contributed by atoms with Crippen molar-refractivity contribution in [2.24, 2.45) is 0 Å². The van der Waals surface area contributed by atoms with Crippen LogP contribution in [0.25, 0.3) is 0 Å². The summed E-state index contributed by atoms with van der Waals surface area (Å²) in [5, 5.41) is 3.52. The van der Waals surface area contributed by atoms with Crippen LogP contribution in [0.15, 0.2) is 28.2 Å². The summed E-state index contributed by atoms with van der Waals surface area (Å²) in [6, 6.07) is 4.65. The summed E-state index contributed by atoms with van der Waals surface area (Å²) in [6.45, 7) is 4.00. The Hall–Kier alpha value is -2.68. The lowest BCUT2D eigenvalue weighted by Crippen LogP contribution is -2.28. The van der Waals surface area contributed by atoms with Crippen LogP contribution in [-0.2, 0) is 4.79 Å². The molecule has 0 bridgehead atoms. The molecular formula is C20H25N3O5S. The van der Waals surface area contributed by atoms with Crippen LogP contribution in [-0.4, -0.2) is 42.5 Å². The quantitative estimate of drug-likeness (QED) is 0.690. The lowest BCUT2D eigenvalue weighted by molar-refractivity contribution is -0.116. The first-order valence-electron chi connectivity index (χ1n) is 9.24. The number of fused-ring (bicyclic) bond motifs is 1. The summed E-state index contributed by atoms with van der Waals surface area (Å²) in [7, 11) is 4.55. The average molecular weight is 420 g/mol. The predicted octanol–water partition coefficient (Wildman–Crippen LogP) is 3.07. The molecule has 1 aliphatic heterocycles. The third-order valence-electron chi connectivity index (χ3n) is 4.67. The van der Waals surface area contributed by atoms with E-state index in [0.29, 0.717) is 33.8 Å². The van der Waals surface area contributed by atoms with E-state index in [4.69, 9.17) is 14.2 Å². The average Bonchev–Trinajstić information content (AvgIpc) is 3.10. The normalized spacial score (nSPS) is 15.2. The van der Waals surface area contributed by atoms with Gasteiger partial charge < -0.3 is 19.5 Å². The third-order valence-corrected chi connectivity index (χ3v) is 5.77. The predicted molar refractivity (Wildman–Crippen MR) is 112 cm³/mol. The Morgan fingerprint density at radius 3 is 2.41 bits per heavy atom. The molecule has 8 nitrogen and oxygen atoms in total. The molecule has 0 aliphatic carbocycles. The van der Waals surface area contributed by atoms with Crippen LogP contribution in [0, 0.1) is 0 Å². The number of ether oxygens (including phenoxy) is 3. The number of rotatable bonds is 7. The second-order valence-corrected chi connectivity index (χ2v) is 7.94.